The molecule has 4 heteroatoms. The molecule has 0 saturated carbocycles. The zero-order chi connectivity index (χ0) is 27.2. The summed E-state index contributed by atoms with van der Waals surface area (Å²) in [5.41, 5.74) is 0. The molecule has 0 radical (unpaired) electrons. The summed E-state index contributed by atoms with van der Waals surface area (Å²) >= 11 is 0. The number of hydrogen-bond donors (Lipinski definition) is 1. The van der Waals surface area contributed by atoms with Crippen molar-refractivity contribution in [2.24, 2.45) is 0 Å². The second kappa shape index (κ2) is 29.2. The predicted octanol–water partition coefficient (Wildman–Crippen LogP) is 10.7. The molecule has 0 aliphatic heterocycles. The van der Waals surface area contributed by atoms with E-state index in [2.05, 4.69) is 26.0 Å². The Hall–Kier alpha value is -1.32. The summed E-state index contributed by atoms with van der Waals surface area (Å²) in [7, 11) is 0. The maximum absolute atomic E-state index is 12.2. The third-order valence-electron chi connectivity index (χ3n) is 7.22. The smallest absolute Gasteiger partial charge is 0.307 e. The van der Waals surface area contributed by atoms with Gasteiger partial charge in [-0.2, -0.15) is 0 Å². The van der Waals surface area contributed by atoms with Crippen LogP contribution in [0.25, 0.3) is 0 Å². The minimum atomic E-state index is -0.882. The summed E-state index contributed by atoms with van der Waals surface area (Å²) in [5, 5.41) is 9.19. The maximum atomic E-state index is 12.2. The molecular weight excluding hydrogens is 460 g/mol. The first kappa shape index (κ1) is 35.7. The molecule has 0 aromatic heterocycles. The minimum absolute atomic E-state index is 0.0727. The topological polar surface area (TPSA) is 63.6 Å². The lowest BCUT2D eigenvalue weighted by molar-refractivity contribution is -0.153. The van der Waals surface area contributed by atoms with Gasteiger partial charge in [0, 0.05) is 6.42 Å². The molecule has 37 heavy (non-hydrogen) atoms. The Morgan fingerprint density at radius 2 is 1.00 bits per heavy atom. The van der Waals surface area contributed by atoms with Crippen LogP contribution in [0.5, 0.6) is 0 Å². The number of rotatable bonds is 29. The van der Waals surface area contributed by atoms with Crippen LogP contribution in [-0.4, -0.2) is 23.1 Å². The van der Waals surface area contributed by atoms with Crippen LogP contribution in [-0.2, 0) is 14.3 Å². The molecule has 4 nitrogen and oxygen atoms in total. The molecular formula is C33H62O4. The van der Waals surface area contributed by atoms with Gasteiger partial charge in [0.15, 0.2) is 0 Å². The molecule has 0 aliphatic carbocycles. The molecule has 1 unspecified atom stereocenters. The SMILES string of the molecule is CCCCCC/C=C\CCCCCCCCC(=O)OC(CCCCCCCCCCCCC)CC(=O)O. The normalized spacial score (nSPS) is 12.3. The Morgan fingerprint density at radius 3 is 1.49 bits per heavy atom. The molecule has 218 valence electrons. The zero-order valence-electron chi connectivity index (χ0n) is 24.8. The van der Waals surface area contributed by atoms with Crippen LogP contribution in [0.3, 0.4) is 0 Å². The van der Waals surface area contributed by atoms with Crippen molar-refractivity contribution in [2.75, 3.05) is 0 Å². The molecule has 0 aromatic rings. The van der Waals surface area contributed by atoms with Gasteiger partial charge in [0.1, 0.15) is 6.10 Å². The molecule has 1 N–H and O–H groups in total. The molecule has 0 fully saturated rings. The van der Waals surface area contributed by atoms with Gasteiger partial charge in [-0.15, -0.1) is 0 Å². The lowest BCUT2D eigenvalue weighted by atomic mass is 10.0. The first-order valence-corrected chi connectivity index (χ1v) is 16.2. The quantitative estimate of drug-likeness (QED) is 0.0602. The lowest BCUT2D eigenvalue weighted by Crippen LogP contribution is -2.21. The Morgan fingerprint density at radius 1 is 0.595 bits per heavy atom. The first-order valence-electron chi connectivity index (χ1n) is 16.2. The van der Waals surface area contributed by atoms with E-state index in [1.54, 1.807) is 0 Å². The van der Waals surface area contributed by atoms with Crippen LogP contribution < -0.4 is 0 Å². The van der Waals surface area contributed by atoms with Gasteiger partial charge in [0.2, 0.25) is 0 Å². The molecule has 1 atom stereocenters. The van der Waals surface area contributed by atoms with Crippen molar-refractivity contribution in [1.82, 2.24) is 0 Å². The average Bonchev–Trinajstić information content (AvgIpc) is 2.87. The van der Waals surface area contributed by atoms with Gasteiger partial charge < -0.3 is 9.84 Å². The fourth-order valence-electron chi connectivity index (χ4n) is 4.84. The van der Waals surface area contributed by atoms with Crippen molar-refractivity contribution in [3.63, 3.8) is 0 Å². The highest BCUT2D eigenvalue weighted by Gasteiger charge is 2.17. The lowest BCUT2D eigenvalue weighted by Gasteiger charge is -2.16. The van der Waals surface area contributed by atoms with Crippen molar-refractivity contribution < 1.29 is 19.4 Å². The number of carboxylic acid groups (broad SMARTS) is 1. The molecule has 0 spiro atoms. The summed E-state index contributed by atoms with van der Waals surface area (Å²) < 4.78 is 5.54. The highest BCUT2D eigenvalue weighted by molar-refractivity contribution is 5.71. The van der Waals surface area contributed by atoms with Crippen LogP contribution in [0.15, 0.2) is 12.2 Å². The van der Waals surface area contributed by atoms with Crippen molar-refractivity contribution in [1.29, 1.82) is 0 Å². The second-order valence-corrected chi connectivity index (χ2v) is 11.0. The minimum Gasteiger partial charge on any atom is -0.481 e. The number of carbonyl (C=O) groups excluding carboxylic acids is 1. The van der Waals surface area contributed by atoms with E-state index in [1.165, 1.54) is 116 Å². The zero-order valence-corrected chi connectivity index (χ0v) is 24.8. The van der Waals surface area contributed by atoms with Gasteiger partial charge in [0.25, 0.3) is 0 Å². The fourth-order valence-corrected chi connectivity index (χ4v) is 4.84. The molecule has 0 amide bonds. The van der Waals surface area contributed by atoms with Crippen LogP contribution in [0.2, 0.25) is 0 Å². The first-order chi connectivity index (χ1) is 18.1. The predicted molar refractivity (Wildman–Crippen MR) is 158 cm³/mol. The Balaban J connectivity index is 3.69. The number of hydrogen-bond acceptors (Lipinski definition) is 3. The van der Waals surface area contributed by atoms with Crippen LogP contribution in [0.1, 0.15) is 181 Å². The van der Waals surface area contributed by atoms with E-state index >= 15 is 0 Å². The Kier molecular flexibility index (Phi) is 28.2. The number of unbranched alkanes of at least 4 members (excludes halogenated alkanes) is 20. The van der Waals surface area contributed by atoms with Gasteiger partial charge in [0.05, 0.1) is 6.42 Å². The Bertz CT molecular complexity index is 528. The third kappa shape index (κ3) is 29.1. The van der Waals surface area contributed by atoms with E-state index in [0.717, 1.165) is 32.1 Å². The number of carboxylic acids is 1. The van der Waals surface area contributed by atoms with Gasteiger partial charge >= 0.3 is 11.9 Å². The van der Waals surface area contributed by atoms with E-state index in [4.69, 9.17) is 4.74 Å². The number of allylic oxidation sites excluding steroid dienone is 2. The second-order valence-electron chi connectivity index (χ2n) is 11.0. The summed E-state index contributed by atoms with van der Waals surface area (Å²) in [6.45, 7) is 4.50. The monoisotopic (exact) mass is 522 g/mol. The number of esters is 1. The highest BCUT2D eigenvalue weighted by Crippen LogP contribution is 2.16. The van der Waals surface area contributed by atoms with Gasteiger partial charge in [-0.1, -0.05) is 135 Å². The largest absolute Gasteiger partial charge is 0.481 e. The molecule has 0 aliphatic rings. The summed E-state index contributed by atoms with van der Waals surface area (Å²) in [5.74, 6) is -1.11. The summed E-state index contributed by atoms with van der Waals surface area (Å²) in [6, 6.07) is 0. The van der Waals surface area contributed by atoms with Gasteiger partial charge in [-0.3, -0.25) is 9.59 Å². The van der Waals surface area contributed by atoms with E-state index in [1.807, 2.05) is 0 Å². The standard InChI is InChI=1S/C33H62O4/c1-3-5-7-9-11-13-15-16-17-19-21-23-25-27-29-33(36)37-31(30-32(34)35)28-26-24-22-20-18-14-12-10-8-6-4-2/h13,15,31H,3-12,14,16-30H2,1-2H3,(H,34,35)/b15-13-. The molecule has 0 heterocycles. The van der Waals surface area contributed by atoms with Gasteiger partial charge in [-0.25, -0.2) is 0 Å². The van der Waals surface area contributed by atoms with Crippen LogP contribution in [0, 0.1) is 0 Å². The summed E-state index contributed by atoms with van der Waals surface area (Å²) in [6.07, 6.45) is 33.6. The number of ether oxygens (including phenoxy) is 1. The van der Waals surface area contributed by atoms with Crippen LogP contribution in [0.4, 0.5) is 0 Å². The number of carbonyl (C=O) groups is 2. The van der Waals surface area contributed by atoms with Crippen molar-refractivity contribution in [2.45, 2.75) is 187 Å². The van der Waals surface area contributed by atoms with Gasteiger partial charge in [-0.05, 0) is 44.9 Å². The molecule has 0 bridgehead atoms. The average molecular weight is 523 g/mol. The van der Waals surface area contributed by atoms with E-state index in [-0.39, 0.29) is 12.4 Å². The summed E-state index contributed by atoms with van der Waals surface area (Å²) in [4.78, 5) is 23.4. The van der Waals surface area contributed by atoms with Crippen LogP contribution >= 0.6 is 0 Å². The van der Waals surface area contributed by atoms with E-state index in [9.17, 15) is 14.7 Å². The molecule has 0 saturated heterocycles. The van der Waals surface area contributed by atoms with E-state index < -0.39 is 12.1 Å². The number of aliphatic carboxylic acids is 1. The van der Waals surface area contributed by atoms with E-state index in [0.29, 0.717) is 12.8 Å². The van der Waals surface area contributed by atoms with Crippen molar-refractivity contribution in [3.05, 3.63) is 12.2 Å². The van der Waals surface area contributed by atoms with Crippen molar-refractivity contribution >= 4 is 11.9 Å². The highest BCUT2D eigenvalue weighted by atomic mass is 16.5. The molecule has 0 aromatic carbocycles. The third-order valence-corrected chi connectivity index (χ3v) is 7.22. The van der Waals surface area contributed by atoms with Crippen molar-refractivity contribution in [3.8, 4) is 0 Å². The molecule has 0 rings (SSSR count). The fraction of sp³-hybridized carbons (Fsp3) is 0.879. The maximum Gasteiger partial charge on any atom is 0.307 e. The Labute approximate surface area is 230 Å².